The van der Waals surface area contributed by atoms with Crippen LogP contribution in [0.5, 0.6) is 0 Å². The summed E-state index contributed by atoms with van der Waals surface area (Å²) < 4.78 is 25.9. The summed E-state index contributed by atoms with van der Waals surface area (Å²) in [6.07, 6.45) is 0.715. The molecule has 0 bridgehead atoms. The van der Waals surface area contributed by atoms with Gasteiger partial charge in [-0.1, -0.05) is 12.1 Å². The standard InChI is InChI=1S/C22H18N4O5.CH4O3S/c1-11-2-8-16(15-9-5-13(21(28)29)10-17(15)22(30)31)18(25-11)20(27)26-14-6-3-12(4-7-14)19(23)24;1-5(2,3)4/h2-10H,1H3,(H3,23,24)(H,26,27)(H,28,29)(H,30,31);1H3,(H,2,3,4). The number of carboxylic acids is 2. The van der Waals surface area contributed by atoms with Gasteiger partial charge in [-0.15, -0.1) is 0 Å². The van der Waals surface area contributed by atoms with Gasteiger partial charge in [0, 0.05) is 22.5 Å². The van der Waals surface area contributed by atoms with E-state index >= 15 is 0 Å². The largest absolute Gasteiger partial charge is 0.478 e. The number of hydrogen-bond donors (Lipinski definition) is 6. The van der Waals surface area contributed by atoms with Crippen LogP contribution >= 0.6 is 0 Å². The number of aromatic carboxylic acids is 2. The molecule has 3 rings (SSSR count). The molecule has 12 nitrogen and oxygen atoms in total. The first-order valence-corrected chi connectivity index (χ1v) is 11.8. The van der Waals surface area contributed by atoms with Gasteiger partial charge in [-0.3, -0.25) is 14.8 Å². The zero-order valence-electron chi connectivity index (χ0n) is 19.0. The van der Waals surface area contributed by atoms with E-state index in [1.54, 1.807) is 43.3 Å². The fourth-order valence-corrected chi connectivity index (χ4v) is 2.96. The average molecular weight is 515 g/mol. The molecule has 0 aliphatic heterocycles. The average Bonchev–Trinajstić information content (AvgIpc) is 2.77. The van der Waals surface area contributed by atoms with Crippen molar-refractivity contribution >= 4 is 39.5 Å². The molecule has 3 aromatic rings. The molecule has 0 saturated carbocycles. The molecule has 13 heteroatoms. The van der Waals surface area contributed by atoms with Gasteiger partial charge in [0.25, 0.3) is 16.0 Å². The fraction of sp³-hybridized carbons (Fsp3) is 0.0870. The monoisotopic (exact) mass is 514 g/mol. The highest BCUT2D eigenvalue weighted by molar-refractivity contribution is 7.85. The number of carbonyl (C=O) groups is 3. The minimum atomic E-state index is -3.67. The third kappa shape index (κ3) is 7.72. The number of nitrogens with zero attached hydrogens (tertiary/aromatic N) is 1. The first-order valence-electron chi connectivity index (χ1n) is 9.94. The maximum absolute atomic E-state index is 13.0. The number of nitrogen functional groups attached to an aromatic ring is 1. The van der Waals surface area contributed by atoms with Crippen molar-refractivity contribution in [3.05, 3.63) is 82.7 Å². The van der Waals surface area contributed by atoms with Gasteiger partial charge in [0.2, 0.25) is 0 Å². The molecule has 0 unspecified atom stereocenters. The maximum Gasteiger partial charge on any atom is 0.336 e. The Morgan fingerprint density at radius 3 is 1.94 bits per heavy atom. The molecule has 0 spiro atoms. The maximum atomic E-state index is 13.0. The summed E-state index contributed by atoms with van der Waals surface area (Å²) in [5.74, 6) is -3.27. The number of amides is 1. The number of aryl methyl sites for hydroxylation is 1. The van der Waals surface area contributed by atoms with E-state index < -0.39 is 28.0 Å². The van der Waals surface area contributed by atoms with Crippen LogP contribution in [0, 0.1) is 12.3 Å². The number of pyridine rings is 1. The van der Waals surface area contributed by atoms with Gasteiger partial charge >= 0.3 is 11.9 Å². The van der Waals surface area contributed by atoms with Gasteiger partial charge in [0.1, 0.15) is 11.5 Å². The normalized spacial score (nSPS) is 10.5. The third-order valence-electron chi connectivity index (χ3n) is 4.49. The zero-order valence-corrected chi connectivity index (χ0v) is 19.8. The number of nitrogens with two attached hydrogens (primary N) is 1. The molecule has 188 valence electrons. The molecular formula is C23H22N4O8S. The number of carbonyl (C=O) groups excluding carboxylic acids is 1. The zero-order chi connectivity index (χ0) is 27.2. The second-order valence-corrected chi connectivity index (χ2v) is 8.86. The number of rotatable bonds is 6. The molecule has 0 aliphatic carbocycles. The molecule has 0 atom stereocenters. The Hall–Kier alpha value is -4.62. The smallest absolute Gasteiger partial charge is 0.336 e. The van der Waals surface area contributed by atoms with E-state index in [1.165, 1.54) is 12.1 Å². The molecule has 1 heterocycles. The number of nitrogens with one attached hydrogen (secondary N) is 2. The van der Waals surface area contributed by atoms with E-state index in [2.05, 4.69) is 10.3 Å². The summed E-state index contributed by atoms with van der Waals surface area (Å²) in [4.78, 5) is 40.2. The van der Waals surface area contributed by atoms with E-state index in [9.17, 15) is 27.9 Å². The lowest BCUT2D eigenvalue weighted by atomic mass is 9.95. The third-order valence-corrected chi connectivity index (χ3v) is 4.49. The van der Waals surface area contributed by atoms with Crippen molar-refractivity contribution in [3.8, 4) is 11.1 Å². The summed E-state index contributed by atoms with van der Waals surface area (Å²) in [5.41, 5.74) is 6.86. The number of amidine groups is 1. The molecule has 36 heavy (non-hydrogen) atoms. The quantitative estimate of drug-likeness (QED) is 0.160. The van der Waals surface area contributed by atoms with Crippen LogP contribution in [-0.2, 0) is 10.1 Å². The minimum absolute atomic E-state index is 0.0128. The molecule has 0 fully saturated rings. The van der Waals surface area contributed by atoms with Crippen molar-refractivity contribution in [1.29, 1.82) is 5.41 Å². The van der Waals surface area contributed by atoms with E-state index in [1.807, 2.05) is 0 Å². The van der Waals surface area contributed by atoms with E-state index in [0.29, 0.717) is 23.2 Å². The Kier molecular flexibility index (Phi) is 8.60. The highest BCUT2D eigenvalue weighted by Gasteiger charge is 2.21. The van der Waals surface area contributed by atoms with E-state index in [-0.39, 0.29) is 33.8 Å². The first kappa shape index (κ1) is 27.6. The lowest BCUT2D eigenvalue weighted by Gasteiger charge is -2.13. The van der Waals surface area contributed by atoms with Gasteiger partial charge < -0.3 is 21.3 Å². The number of hydrogen-bond acceptors (Lipinski definition) is 7. The van der Waals surface area contributed by atoms with Crippen molar-refractivity contribution in [2.75, 3.05) is 11.6 Å². The molecule has 0 saturated heterocycles. The topological polar surface area (TPSA) is 221 Å². The van der Waals surface area contributed by atoms with Gasteiger partial charge in [-0.2, -0.15) is 8.42 Å². The van der Waals surface area contributed by atoms with E-state index in [4.69, 9.17) is 20.8 Å². The summed E-state index contributed by atoms with van der Waals surface area (Å²) in [6, 6.07) is 13.2. The molecule has 7 N–H and O–H groups in total. The minimum Gasteiger partial charge on any atom is -0.478 e. The van der Waals surface area contributed by atoms with Crippen molar-refractivity contribution in [2.45, 2.75) is 6.92 Å². The second kappa shape index (κ2) is 11.2. The Morgan fingerprint density at radius 2 is 1.44 bits per heavy atom. The first-order chi connectivity index (χ1) is 16.7. The van der Waals surface area contributed by atoms with Gasteiger partial charge in [0.15, 0.2) is 0 Å². The van der Waals surface area contributed by atoms with Gasteiger partial charge in [-0.25, -0.2) is 14.6 Å². The lowest BCUT2D eigenvalue weighted by molar-refractivity contribution is 0.0696. The van der Waals surface area contributed by atoms with E-state index in [0.717, 1.165) is 6.07 Å². The van der Waals surface area contributed by atoms with Crippen LogP contribution in [0.15, 0.2) is 54.6 Å². The van der Waals surface area contributed by atoms with Crippen molar-refractivity contribution in [2.24, 2.45) is 5.73 Å². The number of carboxylic acid groups (broad SMARTS) is 2. The Balaban J connectivity index is 0.000000830. The van der Waals surface area contributed by atoms with Gasteiger partial charge in [-0.05, 0) is 55.0 Å². The second-order valence-electron chi connectivity index (χ2n) is 7.40. The van der Waals surface area contributed by atoms with Crippen LogP contribution in [0.4, 0.5) is 5.69 Å². The number of benzene rings is 2. The molecule has 1 amide bonds. The van der Waals surface area contributed by atoms with Gasteiger partial charge in [0.05, 0.1) is 17.4 Å². The van der Waals surface area contributed by atoms with Crippen LogP contribution < -0.4 is 11.1 Å². The SMILES string of the molecule is CS(=O)(=O)O.Cc1ccc(-c2ccc(C(=O)O)cc2C(=O)O)c(C(=O)Nc2ccc(C(=N)N)cc2)n1. The molecular weight excluding hydrogens is 492 g/mol. The van der Waals surface area contributed by atoms with Crippen molar-refractivity contribution in [1.82, 2.24) is 4.98 Å². The fourth-order valence-electron chi connectivity index (χ4n) is 2.96. The predicted molar refractivity (Wildman–Crippen MR) is 131 cm³/mol. The molecule has 2 aromatic carbocycles. The van der Waals surface area contributed by atoms with Crippen LogP contribution in [0.25, 0.3) is 11.1 Å². The van der Waals surface area contributed by atoms with Crippen LogP contribution in [0.1, 0.15) is 42.5 Å². The highest BCUT2D eigenvalue weighted by atomic mass is 32.2. The summed E-state index contributed by atoms with van der Waals surface area (Å²) >= 11 is 0. The summed E-state index contributed by atoms with van der Waals surface area (Å²) in [7, 11) is -3.67. The number of aromatic nitrogens is 1. The lowest BCUT2D eigenvalue weighted by Crippen LogP contribution is -2.17. The molecule has 0 aliphatic rings. The van der Waals surface area contributed by atoms with Crippen molar-refractivity contribution < 1.29 is 37.6 Å². The Labute approximate surface area is 205 Å². The highest BCUT2D eigenvalue weighted by Crippen LogP contribution is 2.28. The number of anilines is 1. The van der Waals surface area contributed by atoms with Crippen molar-refractivity contribution in [3.63, 3.8) is 0 Å². The van der Waals surface area contributed by atoms with Crippen LogP contribution in [0.3, 0.4) is 0 Å². The van der Waals surface area contributed by atoms with Crippen LogP contribution in [-0.4, -0.2) is 58.1 Å². The Bertz CT molecular complexity index is 1440. The Morgan fingerprint density at radius 1 is 0.917 bits per heavy atom. The predicted octanol–water partition coefficient (Wildman–Crippen LogP) is 2.49. The summed E-state index contributed by atoms with van der Waals surface area (Å²) in [5, 5.41) is 28.8. The molecule has 1 aromatic heterocycles. The molecule has 0 radical (unpaired) electrons. The van der Waals surface area contributed by atoms with Crippen LogP contribution in [0.2, 0.25) is 0 Å². The summed E-state index contributed by atoms with van der Waals surface area (Å²) in [6.45, 7) is 1.69.